The van der Waals surface area contributed by atoms with Crippen molar-refractivity contribution in [3.05, 3.63) is 58.4 Å². The minimum atomic E-state index is -0.313. The molecule has 1 fully saturated rings. The summed E-state index contributed by atoms with van der Waals surface area (Å²) in [4.78, 5) is 14.2. The molecule has 25 heavy (non-hydrogen) atoms. The van der Waals surface area contributed by atoms with Crippen LogP contribution in [0.3, 0.4) is 0 Å². The summed E-state index contributed by atoms with van der Waals surface area (Å²) in [5.74, 6) is 0.327. The Labute approximate surface area is 146 Å². The number of rotatable bonds is 4. The van der Waals surface area contributed by atoms with Crippen LogP contribution < -0.4 is 5.63 Å². The molecule has 0 amide bonds. The summed E-state index contributed by atoms with van der Waals surface area (Å²) in [5.41, 5.74) is 1.31. The van der Waals surface area contributed by atoms with E-state index in [9.17, 15) is 9.90 Å². The fraction of sp³-hybridized carbons (Fsp3) is 0.381. The highest BCUT2D eigenvalue weighted by Crippen LogP contribution is 2.29. The van der Waals surface area contributed by atoms with Crippen molar-refractivity contribution >= 4 is 21.7 Å². The molecule has 1 aromatic heterocycles. The molecule has 2 unspecified atom stereocenters. The van der Waals surface area contributed by atoms with Crippen LogP contribution in [0, 0.1) is 5.92 Å². The molecule has 0 spiro atoms. The summed E-state index contributed by atoms with van der Waals surface area (Å²) < 4.78 is 5.43. The third-order valence-electron chi connectivity index (χ3n) is 5.32. The van der Waals surface area contributed by atoms with Crippen LogP contribution >= 0.6 is 0 Å². The van der Waals surface area contributed by atoms with Crippen molar-refractivity contribution in [1.29, 1.82) is 0 Å². The van der Waals surface area contributed by atoms with Gasteiger partial charge in [0.1, 0.15) is 5.58 Å². The molecule has 3 aromatic rings. The van der Waals surface area contributed by atoms with Gasteiger partial charge < -0.3 is 14.4 Å². The van der Waals surface area contributed by atoms with Crippen LogP contribution in [-0.2, 0) is 6.54 Å². The van der Waals surface area contributed by atoms with Crippen molar-refractivity contribution < 1.29 is 9.52 Å². The standard InChI is InChI=1S/C21H23NO3/c1-22(12-15-6-4-8-18(15)23)13-16-11-20(24)25-19-10-9-14-5-2-3-7-17(14)21(16)19/h2-3,5,7,9-11,15,18,23H,4,6,8,12-13H2,1H3. The topological polar surface area (TPSA) is 53.7 Å². The van der Waals surface area contributed by atoms with Crippen molar-refractivity contribution in [3.63, 3.8) is 0 Å². The Morgan fingerprint density at radius 1 is 1.20 bits per heavy atom. The highest BCUT2D eigenvalue weighted by Gasteiger charge is 2.26. The maximum atomic E-state index is 12.0. The van der Waals surface area contributed by atoms with Gasteiger partial charge in [0.05, 0.1) is 6.10 Å². The molecular weight excluding hydrogens is 314 g/mol. The third-order valence-corrected chi connectivity index (χ3v) is 5.32. The van der Waals surface area contributed by atoms with Gasteiger partial charge in [-0.2, -0.15) is 0 Å². The lowest BCUT2D eigenvalue weighted by atomic mass is 10.0. The quantitative estimate of drug-likeness (QED) is 0.584. The van der Waals surface area contributed by atoms with E-state index in [0.29, 0.717) is 18.0 Å². The van der Waals surface area contributed by atoms with Crippen LogP contribution in [0.1, 0.15) is 24.8 Å². The molecule has 1 aliphatic rings. The summed E-state index contributed by atoms with van der Waals surface area (Å²) in [6.07, 6.45) is 2.89. The highest BCUT2D eigenvalue weighted by atomic mass is 16.4. The van der Waals surface area contributed by atoms with E-state index in [-0.39, 0.29) is 11.7 Å². The fourth-order valence-corrected chi connectivity index (χ4v) is 4.13. The molecule has 1 aliphatic carbocycles. The molecule has 2 aromatic carbocycles. The summed E-state index contributed by atoms with van der Waals surface area (Å²) in [6, 6.07) is 13.6. The van der Waals surface area contributed by atoms with E-state index in [1.54, 1.807) is 6.07 Å². The predicted molar refractivity (Wildman–Crippen MR) is 99.7 cm³/mol. The number of benzene rings is 2. The van der Waals surface area contributed by atoms with E-state index in [4.69, 9.17) is 4.42 Å². The molecule has 130 valence electrons. The summed E-state index contributed by atoms with van der Waals surface area (Å²) in [6.45, 7) is 1.51. The first-order chi connectivity index (χ1) is 12.1. The highest BCUT2D eigenvalue weighted by molar-refractivity contribution is 6.07. The van der Waals surface area contributed by atoms with Gasteiger partial charge >= 0.3 is 5.63 Å². The number of aliphatic hydroxyl groups is 1. The van der Waals surface area contributed by atoms with Crippen LogP contribution in [0.2, 0.25) is 0 Å². The molecule has 2 atom stereocenters. The molecule has 4 rings (SSSR count). The van der Waals surface area contributed by atoms with Crippen LogP contribution in [-0.4, -0.2) is 29.7 Å². The van der Waals surface area contributed by atoms with Crippen molar-refractivity contribution in [2.75, 3.05) is 13.6 Å². The predicted octanol–water partition coefficient (Wildman–Crippen LogP) is 3.54. The number of aliphatic hydroxyl groups excluding tert-OH is 1. The number of hydrogen-bond acceptors (Lipinski definition) is 4. The molecule has 0 bridgehead atoms. The van der Waals surface area contributed by atoms with E-state index in [0.717, 1.165) is 47.5 Å². The van der Waals surface area contributed by atoms with E-state index < -0.39 is 0 Å². The molecule has 0 saturated heterocycles. The van der Waals surface area contributed by atoms with Gasteiger partial charge in [-0.1, -0.05) is 36.8 Å². The van der Waals surface area contributed by atoms with Gasteiger partial charge in [-0.15, -0.1) is 0 Å². The van der Waals surface area contributed by atoms with Crippen molar-refractivity contribution in [2.24, 2.45) is 5.92 Å². The van der Waals surface area contributed by atoms with E-state index >= 15 is 0 Å². The zero-order chi connectivity index (χ0) is 17.4. The number of nitrogens with zero attached hydrogens (tertiary/aromatic N) is 1. The Hall–Kier alpha value is -2.17. The minimum absolute atomic E-state index is 0.194. The summed E-state index contributed by atoms with van der Waals surface area (Å²) in [5, 5.41) is 13.3. The first kappa shape index (κ1) is 16.3. The second-order valence-corrected chi connectivity index (χ2v) is 7.21. The molecule has 1 heterocycles. The monoisotopic (exact) mass is 337 g/mol. The SMILES string of the molecule is CN(Cc1cc(=O)oc2ccc3ccccc3c12)CC1CCCC1O. The second kappa shape index (κ2) is 6.62. The van der Waals surface area contributed by atoms with E-state index in [1.807, 2.05) is 24.3 Å². The maximum Gasteiger partial charge on any atom is 0.336 e. The summed E-state index contributed by atoms with van der Waals surface area (Å²) >= 11 is 0. The Morgan fingerprint density at radius 3 is 2.84 bits per heavy atom. The van der Waals surface area contributed by atoms with Gasteiger partial charge in [0.2, 0.25) is 0 Å². The molecular formula is C21H23NO3. The molecule has 1 N–H and O–H groups in total. The van der Waals surface area contributed by atoms with Crippen molar-refractivity contribution in [2.45, 2.75) is 31.9 Å². The smallest absolute Gasteiger partial charge is 0.336 e. The number of hydrogen-bond donors (Lipinski definition) is 1. The van der Waals surface area contributed by atoms with Gasteiger partial charge in [-0.05, 0) is 48.2 Å². The van der Waals surface area contributed by atoms with E-state index in [1.165, 1.54) is 0 Å². The summed E-state index contributed by atoms with van der Waals surface area (Å²) in [7, 11) is 2.05. The van der Waals surface area contributed by atoms with Crippen LogP contribution in [0.5, 0.6) is 0 Å². The first-order valence-corrected chi connectivity index (χ1v) is 8.93. The van der Waals surface area contributed by atoms with Gasteiger partial charge in [0.25, 0.3) is 0 Å². The zero-order valence-electron chi connectivity index (χ0n) is 14.4. The van der Waals surface area contributed by atoms with E-state index in [2.05, 4.69) is 24.1 Å². The van der Waals surface area contributed by atoms with Crippen LogP contribution in [0.25, 0.3) is 21.7 Å². The molecule has 4 nitrogen and oxygen atoms in total. The molecule has 0 radical (unpaired) electrons. The van der Waals surface area contributed by atoms with Gasteiger partial charge in [0, 0.05) is 24.5 Å². The second-order valence-electron chi connectivity index (χ2n) is 7.21. The number of fused-ring (bicyclic) bond motifs is 3. The normalized spacial score (nSPS) is 20.8. The van der Waals surface area contributed by atoms with Gasteiger partial charge in [-0.25, -0.2) is 4.79 Å². The molecule has 1 saturated carbocycles. The lowest BCUT2D eigenvalue weighted by molar-refractivity contribution is 0.108. The largest absolute Gasteiger partial charge is 0.423 e. The van der Waals surface area contributed by atoms with Crippen LogP contribution in [0.4, 0.5) is 0 Å². The maximum absolute atomic E-state index is 12.0. The average molecular weight is 337 g/mol. The Balaban J connectivity index is 1.72. The lowest BCUT2D eigenvalue weighted by Crippen LogP contribution is -2.29. The molecule has 4 heteroatoms. The van der Waals surface area contributed by atoms with Gasteiger partial charge in [-0.3, -0.25) is 0 Å². The minimum Gasteiger partial charge on any atom is -0.423 e. The fourth-order valence-electron chi connectivity index (χ4n) is 4.13. The zero-order valence-corrected chi connectivity index (χ0v) is 14.4. The third kappa shape index (κ3) is 3.20. The van der Waals surface area contributed by atoms with Crippen molar-refractivity contribution in [1.82, 2.24) is 4.90 Å². The Morgan fingerprint density at radius 2 is 2.04 bits per heavy atom. The molecule has 0 aliphatic heterocycles. The van der Waals surface area contributed by atoms with Gasteiger partial charge in [0.15, 0.2) is 0 Å². The van der Waals surface area contributed by atoms with Crippen LogP contribution in [0.15, 0.2) is 51.7 Å². The average Bonchev–Trinajstić information content (AvgIpc) is 2.99. The lowest BCUT2D eigenvalue weighted by Gasteiger charge is -2.23. The van der Waals surface area contributed by atoms with Crippen molar-refractivity contribution in [3.8, 4) is 0 Å². The Bertz CT molecular complexity index is 962. The Kier molecular flexibility index (Phi) is 4.32. The first-order valence-electron chi connectivity index (χ1n) is 8.93.